The van der Waals surface area contributed by atoms with E-state index in [-0.39, 0.29) is 17.6 Å². The molecule has 0 aliphatic carbocycles. The molecule has 1 saturated heterocycles. The number of thiophene rings is 1. The molecule has 0 radical (unpaired) electrons. The lowest BCUT2D eigenvalue weighted by Crippen LogP contribution is -2.39. The quantitative estimate of drug-likeness (QED) is 0.687. The number of piperidine rings is 1. The van der Waals surface area contributed by atoms with Crippen LogP contribution in [0.15, 0.2) is 42.5 Å². The fraction of sp³-hybridized carbons (Fsp3) is 0.333. The monoisotopic (exact) mass is 387 g/mol. The van der Waals surface area contributed by atoms with Crippen LogP contribution in [0.1, 0.15) is 38.5 Å². The first kappa shape index (κ1) is 18.9. The Hall–Kier alpha value is -1.91. The van der Waals surface area contributed by atoms with Gasteiger partial charge in [0, 0.05) is 30.0 Å². The van der Waals surface area contributed by atoms with Crippen molar-refractivity contribution < 1.29 is 9.59 Å². The minimum absolute atomic E-state index is 0.0498. The van der Waals surface area contributed by atoms with E-state index in [2.05, 4.69) is 0 Å². The number of hydrogen-bond acceptors (Lipinski definition) is 3. The molecule has 1 aromatic heterocycles. The average Bonchev–Trinajstić information content (AvgIpc) is 3.00. The van der Waals surface area contributed by atoms with E-state index in [1.165, 1.54) is 11.0 Å². The van der Waals surface area contributed by atoms with Gasteiger partial charge >= 0.3 is 0 Å². The molecule has 2 aromatic rings. The Morgan fingerprint density at radius 1 is 1.15 bits per heavy atom. The molecule has 1 aromatic carbocycles. The number of rotatable bonds is 4. The van der Waals surface area contributed by atoms with Crippen molar-refractivity contribution in [2.24, 2.45) is 5.92 Å². The second-order valence-electron chi connectivity index (χ2n) is 6.68. The van der Waals surface area contributed by atoms with Gasteiger partial charge in [-0.2, -0.15) is 0 Å². The van der Waals surface area contributed by atoms with Crippen LogP contribution < -0.4 is 0 Å². The number of ketones is 1. The van der Waals surface area contributed by atoms with Gasteiger partial charge in [-0.15, -0.1) is 11.3 Å². The van der Waals surface area contributed by atoms with E-state index in [4.69, 9.17) is 11.6 Å². The third-order valence-corrected chi connectivity index (χ3v) is 6.35. The highest BCUT2D eigenvalue weighted by Gasteiger charge is 2.27. The van der Waals surface area contributed by atoms with E-state index in [1.807, 2.05) is 55.1 Å². The third kappa shape index (κ3) is 4.25. The highest BCUT2D eigenvalue weighted by atomic mass is 35.5. The normalized spacial score (nSPS) is 16.0. The Balaban J connectivity index is 1.59. The fourth-order valence-electron chi connectivity index (χ4n) is 3.12. The molecule has 1 amide bonds. The molecule has 5 heteroatoms. The van der Waals surface area contributed by atoms with Gasteiger partial charge in [-0.25, -0.2) is 0 Å². The zero-order chi connectivity index (χ0) is 18.7. The van der Waals surface area contributed by atoms with Gasteiger partial charge in [-0.3, -0.25) is 9.59 Å². The lowest BCUT2D eigenvalue weighted by Gasteiger charge is -2.30. The van der Waals surface area contributed by atoms with Gasteiger partial charge in [0.05, 0.1) is 9.91 Å². The van der Waals surface area contributed by atoms with Crippen LogP contribution in [0.2, 0.25) is 0 Å². The first-order valence-corrected chi connectivity index (χ1v) is 9.98. The summed E-state index contributed by atoms with van der Waals surface area (Å²) in [7, 11) is 0. The SMILES string of the molecule is Cc1cc(C(=O)N2CCC(C(=O)/C=C(\Cl)c3ccccc3)CC2)sc1C. The summed E-state index contributed by atoms with van der Waals surface area (Å²) in [4.78, 5) is 29.0. The first-order chi connectivity index (χ1) is 12.5. The molecule has 0 saturated carbocycles. The summed E-state index contributed by atoms with van der Waals surface area (Å²) in [5.74, 6) is 0.0621. The Bertz CT molecular complexity index is 813. The van der Waals surface area contributed by atoms with Crippen LogP contribution in [0, 0.1) is 19.8 Å². The molecule has 1 aliphatic rings. The van der Waals surface area contributed by atoms with Crippen molar-refractivity contribution in [3.63, 3.8) is 0 Å². The molecule has 1 aliphatic heterocycles. The molecule has 136 valence electrons. The van der Waals surface area contributed by atoms with Crippen LogP contribution in [0.3, 0.4) is 0 Å². The molecule has 3 rings (SSSR count). The Labute approximate surface area is 163 Å². The van der Waals surface area contributed by atoms with Crippen LogP contribution in [0.25, 0.3) is 5.03 Å². The van der Waals surface area contributed by atoms with Crippen LogP contribution in [0.4, 0.5) is 0 Å². The zero-order valence-corrected chi connectivity index (χ0v) is 16.6. The number of carbonyl (C=O) groups is 2. The maximum atomic E-state index is 12.6. The van der Waals surface area contributed by atoms with Gasteiger partial charge in [0.2, 0.25) is 0 Å². The maximum Gasteiger partial charge on any atom is 0.263 e. The van der Waals surface area contributed by atoms with Gasteiger partial charge in [0.1, 0.15) is 0 Å². The lowest BCUT2D eigenvalue weighted by atomic mass is 9.92. The average molecular weight is 388 g/mol. The number of allylic oxidation sites excluding steroid dienone is 1. The van der Waals surface area contributed by atoms with Crippen molar-refractivity contribution in [2.45, 2.75) is 26.7 Å². The minimum atomic E-state index is -0.0664. The number of carbonyl (C=O) groups excluding carboxylic acids is 2. The number of amides is 1. The molecule has 1 fully saturated rings. The Morgan fingerprint density at radius 3 is 2.38 bits per heavy atom. The van der Waals surface area contributed by atoms with Gasteiger partial charge in [0.15, 0.2) is 5.78 Å². The summed E-state index contributed by atoms with van der Waals surface area (Å²) in [6.07, 6.45) is 2.90. The van der Waals surface area contributed by atoms with E-state index in [1.54, 1.807) is 11.3 Å². The van der Waals surface area contributed by atoms with E-state index >= 15 is 0 Å². The molecule has 26 heavy (non-hydrogen) atoms. The number of aryl methyl sites for hydroxylation is 2. The van der Waals surface area contributed by atoms with E-state index in [0.717, 1.165) is 16.0 Å². The summed E-state index contributed by atoms with van der Waals surface area (Å²) in [6.45, 7) is 5.28. The fourth-order valence-corrected chi connectivity index (χ4v) is 4.36. The summed E-state index contributed by atoms with van der Waals surface area (Å²) < 4.78 is 0. The molecular weight excluding hydrogens is 366 g/mol. The predicted octanol–water partition coefficient (Wildman–Crippen LogP) is 5.07. The number of halogens is 1. The molecule has 3 nitrogen and oxygen atoms in total. The maximum absolute atomic E-state index is 12.6. The van der Waals surface area contributed by atoms with Crippen molar-refractivity contribution in [1.82, 2.24) is 4.90 Å². The molecule has 0 atom stereocenters. The summed E-state index contributed by atoms with van der Waals surface area (Å²) in [6, 6.07) is 11.4. The molecule has 0 unspecified atom stereocenters. The van der Waals surface area contributed by atoms with Crippen LogP contribution >= 0.6 is 22.9 Å². The molecule has 0 N–H and O–H groups in total. The van der Waals surface area contributed by atoms with Crippen LogP contribution in [0.5, 0.6) is 0 Å². The molecule has 2 heterocycles. The number of hydrogen-bond donors (Lipinski definition) is 0. The largest absolute Gasteiger partial charge is 0.338 e. The molecule has 0 spiro atoms. The first-order valence-electron chi connectivity index (χ1n) is 8.78. The predicted molar refractivity (Wildman–Crippen MR) is 108 cm³/mol. The molecule has 0 bridgehead atoms. The topological polar surface area (TPSA) is 37.4 Å². The lowest BCUT2D eigenvalue weighted by molar-refractivity contribution is -0.119. The van der Waals surface area contributed by atoms with Crippen molar-refractivity contribution in [3.05, 3.63) is 63.4 Å². The highest BCUT2D eigenvalue weighted by Crippen LogP contribution is 2.26. The summed E-state index contributed by atoms with van der Waals surface area (Å²) in [5, 5.41) is 0.471. The van der Waals surface area contributed by atoms with Crippen molar-refractivity contribution >= 4 is 39.7 Å². The van der Waals surface area contributed by atoms with Crippen LogP contribution in [-0.4, -0.2) is 29.7 Å². The standard InChI is InChI=1S/C21H22ClNO2S/c1-14-12-20(26-15(14)2)21(25)23-10-8-17(9-11-23)19(24)13-18(22)16-6-4-3-5-7-16/h3-7,12-13,17H,8-11H2,1-2H3/b18-13-. The molecular formula is C21H22ClNO2S. The highest BCUT2D eigenvalue weighted by molar-refractivity contribution is 7.14. The third-order valence-electron chi connectivity index (χ3n) is 4.88. The van der Waals surface area contributed by atoms with Gasteiger partial charge < -0.3 is 4.90 Å². The van der Waals surface area contributed by atoms with E-state index < -0.39 is 0 Å². The number of likely N-dealkylation sites (tertiary alicyclic amines) is 1. The van der Waals surface area contributed by atoms with Crippen molar-refractivity contribution in [1.29, 1.82) is 0 Å². The number of nitrogens with zero attached hydrogens (tertiary/aromatic N) is 1. The van der Waals surface area contributed by atoms with E-state index in [0.29, 0.717) is 31.0 Å². The van der Waals surface area contributed by atoms with E-state index in [9.17, 15) is 9.59 Å². The van der Waals surface area contributed by atoms with Crippen molar-refractivity contribution in [3.8, 4) is 0 Å². The minimum Gasteiger partial charge on any atom is -0.338 e. The summed E-state index contributed by atoms with van der Waals surface area (Å²) >= 11 is 7.82. The van der Waals surface area contributed by atoms with Gasteiger partial charge in [-0.1, -0.05) is 41.9 Å². The van der Waals surface area contributed by atoms with Gasteiger partial charge in [0.25, 0.3) is 5.91 Å². The van der Waals surface area contributed by atoms with Crippen molar-refractivity contribution in [2.75, 3.05) is 13.1 Å². The Morgan fingerprint density at radius 2 is 1.81 bits per heavy atom. The summed E-state index contributed by atoms with van der Waals surface area (Å²) in [5.41, 5.74) is 2.00. The second-order valence-corrected chi connectivity index (χ2v) is 8.34. The van der Waals surface area contributed by atoms with Gasteiger partial charge in [-0.05, 0) is 43.9 Å². The Kier molecular flexibility index (Phi) is 5.94. The zero-order valence-electron chi connectivity index (χ0n) is 15.0. The second kappa shape index (κ2) is 8.19. The van der Waals surface area contributed by atoms with Crippen LogP contribution in [-0.2, 0) is 4.79 Å². The smallest absolute Gasteiger partial charge is 0.263 e. The number of benzene rings is 1.